The number of piperidine rings is 3. The number of hydrogen-bond acceptors (Lipinski definition) is 5. The lowest BCUT2D eigenvalue weighted by molar-refractivity contribution is -0.137. The summed E-state index contributed by atoms with van der Waals surface area (Å²) in [5.41, 5.74) is 5.92. The number of H-pyrrole nitrogens is 1. The molecule has 254 valence electrons. The molecule has 0 unspecified atom stereocenters. The molecule has 3 fully saturated rings. The molecule has 1 atom stereocenters. The van der Waals surface area contributed by atoms with E-state index in [4.69, 9.17) is 5.73 Å². The van der Waals surface area contributed by atoms with Crippen LogP contribution in [0.3, 0.4) is 0 Å². The van der Waals surface area contributed by atoms with E-state index in [1.165, 1.54) is 6.07 Å². The number of nitrogens with zero attached hydrogens (tertiary/aromatic N) is 3. The molecule has 0 bridgehead atoms. The first-order valence-electron chi connectivity index (χ1n) is 16.4. The summed E-state index contributed by atoms with van der Waals surface area (Å²) in [5, 5.41) is 6.27. The number of likely N-dealkylation sites (tertiary alicyclic amines) is 2. The van der Waals surface area contributed by atoms with Gasteiger partial charge in [0, 0.05) is 43.1 Å². The van der Waals surface area contributed by atoms with Gasteiger partial charge >= 0.3 is 17.9 Å². The van der Waals surface area contributed by atoms with Crippen LogP contribution in [-0.2, 0) is 17.4 Å². The monoisotopic (exact) mass is 719 g/mol. The van der Waals surface area contributed by atoms with Crippen LogP contribution in [0.2, 0.25) is 0 Å². The number of nitrogen functional groups attached to an aromatic ring is 1. The molecule has 14 heteroatoms. The number of nitrogens with two attached hydrogens (primary N) is 1. The number of aromatic nitrogens is 2. The zero-order valence-corrected chi connectivity index (χ0v) is 27.7. The second kappa shape index (κ2) is 13.9. The van der Waals surface area contributed by atoms with Crippen molar-refractivity contribution in [3.63, 3.8) is 0 Å². The Bertz CT molecular complexity index is 1650. The Balaban J connectivity index is 1.16. The highest BCUT2D eigenvalue weighted by Gasteiger charge is 2.37. The van der Waals surface area contributed by atoms with E-state index in [1.807, 2.05) is 24.3 Å². The summed E-state index contributed by atoms with van der Waals surface area (Å²) in [6.45, 7) is 3.82. The fourth-order valence-electron chi connectivity index (χ4n) is 7.59. The standard InChI is InChI=1S/C33H41BrF3N7O3/c34-25-18-20(17-24(29(25)38)33(35,36)37)19-27(30(45)42-13-7-22(8-14-42)21-5-11-39-12-6-21)41-31(46)43-15-9-23(10-16-43)44-28-4-2-1-3-26(28)40-32(44)47/h1-4,17-18,21-23,27,39H,5-16,19,38H2,(H,40,47)(H,41,46)/t27-/m1/s1. The van der Waals surface area contributed by atoms with E-state index < -0.39 is 29.5 Å². The number of carbonyl (C=O) groups is 2. The molecule has 1 aromatic heterocycles. The second-order valence-corrected chi connectivity index (χ2v) is 13.9. The maximum absolute atomic E-state index is 14.0. The summed E-state index contributed by atoms with van der Waals surface area (Å²) in [5.74, 6) is 0.853. The highest BCUT2D eigenvalue weighted by molar-refractivity contribution is 9.10. The van der Waals surface area contributed by atoms with Crippen molar-refractivity contribution in [2.75, 3.05) is 45.0 Å². The van der Waals surface area contributed by atoms with Crippen LogP contribution in [0.1, 0.15) is 55.7 Å². The van der Waals surface area contributed by atoms with Gasteiger partial charge in [-0.1, -0.05) is 12.1 Å². The van der Waals surface area contributed by atoms with Gasteiger partial charge in [-0.3, -0.25) is 9.36 Å². The number of hydrogen-bond donors (Lipinski definition) is 4. The molecule has 2 aromatic carbocycles. The number of fused-ring (bicyclic) bond motifs is 1. The number of nitrogens with one attached hydrogen (secondary N) is 3. The lowest BCUT2D eigenvalue weighted by Crippen LogP contribution is -2.55. The molecule has 3 saturated heterocycles. The van der Waals surface area contributed by atoms with Crippen molar-refractivity contribution in [3.8, 4) is 0 Å². The molecule has 5 N–H and O–H groups in total. The van der Waals surface area contributed by atoms with Crippen LogP contribution >= 0.6 is 15.9 Å². The van der Waals surface area contributed by atoms with Crippen LogP contribution in [0, 0.1) is 11.8 Å². The van der Waals surface area contributed by atoms with Gasteiger partial charge in [0.1, 0.15) is 6.04 Å². The quantitative estimate of drug-likeness (QED) is 0.270. The zero-order valence-electron chi connectivity index (χ0n) is 26.1. The Morgan fingerprint density at radius 3 is 2.28 bits per heavy atom. The van der Waals surface area contributed by atoms with E-state index in [1.54, 1.807) is 14.4 Å². The third-order valence-corrected chi connectivity index (χ3v) is 10.8. The molecular formula is C33H41BrF3N7O3. The van der Waals surface area contributed by atoms with Gasteiger partial charge in [0.25, 0.3) is 0 Å². The molecular weight excluding hydrogens is 679 g/mol. The summed E-state index contributed by atoms with van der Waals surface area (Å²) in [4.78, 5) is 46.6. The van der Waals surface area contributed by atoms with E-state index in [0.717, 1.165) is 55.9 Å². The van der Waals surface area contributed by atoms with E-state index >= 15 is 0 Å². The Morgan fingerprint density at radius 2 is 1.60 bits per heavy atom. The number of benzene rings is 2. The van der Waals surface area contributed by atoms with Gasteiger partial charge in [0.2, 0.25) is 5.91 Å². The van der Waals surface area contributed by atoms with Crippen LogP contribution in [0.15, 0.2) is 45.7 Å². The minimum atomic E-state index is -4.68. The van der Waals surface area contributed by atoms with Crippen LogP contribution in [0.5, 0.6) is 0 Å². The summed E-state index contributed by atoms with van der Waals surface area (Å²) in [6, 6.07) is 8.28. The third kappa shape index (κ3) is 7.33. The number of imidazole rings is 1. The Hall–Kier alpha value is -3.52. The summed E-state index contributed by atoms with van der Waals surface area (Å²) in [7, 11) is 0. The van der Waals surface area contributed by atoms with Gasteiger partial charge in [-0.15, -0.1) is 0 Å². The van der Waals surface area contributed by atoms with Gasteiger partial charge in [-0.2, -0.15) is 13.2 Å². The fraction of sp³-hybridized carbons (Fsp3) is 0.545. The Kier molecular flexibility index (Phi) is 9.88. The number of alkyl halides is 3. The van der Waals surface area contributed by atoms with Gasteiger partial charge < -0.3 is 31.2 Å². The molecule has 47 heavy (non-hydrogen) atoms. The molecule has 6 rings (SSSR count). The van der Waals surface area contributed by atoms with E-state index in [0.29, 0.717) is 50.9 Å². The van der Waals surface area contributed by atoms with Crippen LogP contribution in [0.4, 0.5) is 23.7 Å². The first-order chi connectivity index (χ1) is 22.5. The van der Waals surface area contributed by atoms with Crippen LogP contribution in [-0.4, -0.2) is 76.6 Å². The van der Waals surface area contributed by atoms with Crippen molar-refractivity contribution in [2.24, 2.45) is 11.8 Å². The predicted molar refractivity (Wildman–Crippen MR) is 177 cm³/mol. The smallest absolute Gasteiger partial charge is 0.397 e. The van der Waals surface area contributed by atoms with Gasteiger partial charge in [0.15, 0.2) is 0 Å². The van der Waals surface area contributed by atoms with Crippen LogP contribution < -0.4 is 22.1 Å². The van der Waals surface area contributed by atoms with Gasteiger partial charge in [-0.05, 0) is 109 Å². The predicted octanol–water partition coefficient (Wildman–Crippen LogP) is 4.89. The molecule has 0 radical (unpaired) electrons. The fourth-order valence-corrected chi connectivity index (χ4v) is 8.10. The average Bonchev–Trinajstić information content (AvgIpc) is 3.41. The number of amides is 3. The zero-order chi connectivity index (χ0) is 33.3. The molecule has 3 aliphatic rings. The van der Waals surface area contributed by atoms with Crippen molar-refractivity contribution in [1.29, 1.82) is 0 Å². The molecule has 0 aliphatic carbocycles. The normalized spacial score (nSPS) is 19.7. The van der Waals surface area contributed by atoms with Crippen molar-refractivity contribution in [1.82, 2.24) is 30.0 Å². The number of carbonyl (C=O) groups excluding carboxylic acids is 2. The molecule has 4 heterocycles. The second-order valence-electron chi connectivity index (χ2n) is 13.0. The lowest BCUT2D eigenvalue weighted by atomic mass is 9.79. The maximum Gasteiger partial charge on any atom is 0.418 e. The van der Waals surface area contributed by atoms with Crippen molar-refractivity contribution >= 4 is 44.6 Å². The number of anilines is 1. The van der Waals surface area contributed by atoms with Crippen molar-refractivity contribution < 1.29 is 22.8 Å². The molecule has 3 aromatic rings. The van der Waals surface area contributed by atoms with Gasteiger partial charge in [-0.25, -0.2) is 9.59 Å². The first kappa shape index (κ1) is 33.4. The molecule has 0 saturated carbocycles. The Labute approximate surface area is 279 Å². The number of para-hydroxylation sites is 2. The number of urea groups is 1. The molecule has 3 aliphatic heterocycles. The van der Waals surface area contributed by atoms with Gasteiger partial charge in [0.05, 0.1) is 22.3 Å². The van der Waals surface area contributed by atoms with E-state index in [2.05, 4.69) is 31.5 Å². The minimum Gasteiger partial charge on any atom is -0.397 e. The number of rotatable bonds is 6. The number of halogens is 4. The van der Waals surface area contributed by atoms with Crippen LogP contribution in [0.25, 0.3) is 11.0 Å². The number of aromatic amines is 1. The summed E-state index contributed by atoms with van der Waals surface area (Å²) in [6.07, 6.45) is 0.246. The van der Waals surface area contributed by atoms with E-state index in [-0.39, 0.29) is 34.1 Å². The highest BCUT2D eigenvalue weighted by Crippen LogP contribution is 2.38. The maximum atomic E-state index is 14.0. The van der Waals surface area contributed by atoms with Crippen molar-refractivity contribution in [2.45, 2.75) is 63.2 Å². The lowest BCUT2D eigenvalue weighted by Gasteiger charge is -2.39. The molecule has 3 amide bonds. The average molecular weight is 721 g/mol. The topological polar surface area (TPSA) is 128 Å². The van der Waals surface area contributed by atoms with Crippen molar-refractivity contribution in [3.05, 3.63) is 62.5 Å². The third-order valence-electron chi connectivity index (χ3n) is 10.2. The van der Waals surface area contributed by atoms with E-state index in [9.17, 15) is 27.6 Å². The highest BCUT2D eigenvalue weighted by atomic mass is 79.9. The molecule has 0 spiro atoms. The SMILES string of the molecule is Nc1c(Br)cc(C[C@@H](NC(=O)N2CCC(n3c(=O)[nH]c4ccccc43)CC2)C(=O)N2CCC(C3CCNCC3)CC2)cc1C(F)(F)F. The minimum absolute atomic E-state index is 0.0808. The largest absolute Gasteiger partial charge is 0.418 e. The summed E-state index contributed by atoms with van der Waals surface area (Å²) < 4.78 is 43.2. The molecule has 10 nitrogen and oxygen atoms in total. The summed E-state index contributed by atoms with van der Waals surface area (Å²) >= 11 is 3.15. The first-order valence-corrected chi connectivity index (χ1v) is 17.2. The Morgan fingerprint density at radius 1 is 0.957 bits per heavy atom.